The van der Waals surface area contributed by atoms with E-state index >= 15 is 0 Å². The molecule has 0 fully saturated rings. The van der Waals surface area contributed by atoms with Gasteiger partial charge < -0.3 is 55.3 Å². The van der Waals surface area contributed by atoms with Gasteiger partial charge in [-0.25, -0.2) is 19.9 Å². The molecule has 28 nitrogen and oxygen atoms in total. The largest absolute Gasteiger partial charge is 0.365 e. The van der Waals surface area contributed by atoms with Crippen molar-refractivity contribution in [2.24, 2.45) is 28.7 Å². The van der Waals surface area contributed by atoms with Gasteiger partial charge in [0.2, 0.25) is 11.9 Å². The highest BCUT2D eigenvalue weighted by Crippen LogP contribution is 2.27. The number of carbonyl (C=O) groups is 3. The number of rotatable bonds is 19. The number of nitrogens with two attached hydrogens (primary N) is 5. The minimum absolute atomic E-state index is 0.0678. The second-order valence-electron chi connectivity index (χ2n) is 17.3. The Morgan fingerprint density at radius 1 is 0.487 bits per heavy atom. The maximum atomic E-state index is 11.7. The number of amides is 3. The third kappa shape index (κ3) is 15.5. The molecule has 6 heterocycles. The van der Waals surface area contributed by atoms with E-state index in [1.54, 1.807) is 37.2 Å². The maximum Gasteiger partial charge on any atom is 0.254 e. The van der Waals surface area contributed by atoms with Gasteiger partial charge in [0.15, 0.2) is 5.16 Å². The zero-order valence-electron chi connectivity index (χ0n) is 43.2. The highest BCUT2D eigenvalue weighted by atomic mass is 32.2. The summed E-state index contributed by atoms with van der Waals surface area (Å²) in [6, 6.07) is 17.0. The molecule has 3 aromatic carbocycles. The first-order chi connectivity index (χ1) is 37.4. The normalized spacial score (nSPS) is 11.4. The van der Waals surface area contributed by atoms with Gasteiger partial charge in [-0.2, -0.15) is 54.9 Å². The van der Waals surface area contributed by atoms with Crippen molar-refractivity contribution in [1.82, 2.24) is 74.9 Å². The molecule has 6 aromatic heterocycles. The Bertz CT molecular complexity index is 3330. The highest BCUT2D eigenvalue weighted by Gasteiger charge is 2.17. The van der Waals surface area contributed by atoms with Crippen LogP contribution in [0.15, 0.2) is 116 Å². The molecule has 0 radical (unpaired) electrons. The Hall–Kier alpha value is -10.0. The molecule has 0 aliphatic carbocycles. The van der Waals surface area contributed by atoms with Gasteiger partial charge in [0.25, 0.3) is 17.7 Å². The molecule has 78 heavy (non-hydrogen) atoms. The molecule has 15 N–H and O–H groups in total. The fourth-order valence-corrected chi connectivity index (χ4v) is 7.38. The van der Waals surface area contributed by atoms with E-state index in [1.165, 1.54) is 44.7 Å². The zero-order chi connectivity index (χ0) is 55.9. The van der Waals surface area contributed by atoms with Crippen LogP contribution in [0.25, 0.3) is 17.1 Å². The minimum Gasteiger partial charge on any atom is -0.365 e. The van der Waals surface area contributed by atoms with E-state index in [0.29, 0.717) is 59.0 Å². The number of nitrogens with one attached hydrogen (secondary N) is 5. The van der Waals surface area contributed by atoms with Crippen molar-refractivity contribution in [3.8, 4) is 17.1 Å². The lowest BCUT2D eigenvalue weighted by molar-refractivity contribution is 0.0991. The van der Waals surface area contributed by atoms with Crippen LogP contribution < -0.4 is 55.3 Å². The van der Waals surface area contributed by atoms with E-state index in [9.17, 15) is 14.4 Å². The van der Waals surface area contributed by atoms with Crippen molar-refractivity contribution >= 4 is 75.9 Å². The van der Waals surface area contributed by atoms with Crippen LogP contribution in [0.1, 0.15) is 61.6 Å². The van der Waals surface area contributed by atoms with E-state index in [1.807, 2.05) is 95.5 Å². The lowest BCUT2D eigenvalue weighted by Gasteiger charge is -2.13. The second-order valence-corrected chi connectivity index (χ2v) is 18.1. The van der Waals surface area contributed by atoms with Crippen LogP contribution in [0.2, 0.25) is 0 Å². The van der Waals surface area contributed by atoms with Crippen molar-refractivity contribution in [2.75, 3.05) is 45.9 Å². The number of benzene rings is 3. The molecule has 402 valence electrons. The van der Waals surface area contributed by atoms with E-state index in [4.69, 9.17) is 28.7 Å². The number of aryl methyl sites for hydroxylation is 3. The summed E-state index contributed by atoms with van der Waals surface area (Å²) in [5, 5.41) is 40.8. The van der Waals surface area contributed by atoms with Crippen LogP contribution in [0.3, 0.4) is 0 Å². The molecule has 9 rings (SSSR count). The number of thioether (sulfide) groups is 1. The van der Waals surface area contributed by atoms with Crippen molar-refractivity contribution in [1.29, 1.82) is 0 Å². The molecule has 9 aromatic rings. The van der Waals surface area contributed by atoms with E-state index in [0.717, 1.165) is 39.4 Å². The lowest BCUT2D eigenvalue weighted by Crippen LogP contribution is -2.26. The number of primary amides is 3. The van der Waals surface area contributed by atoms with Gasteiger partial charge >= 0.3 is 0 Å². The summed E-state index contributed by atoms with van der Waals surface area (Å²) in [5.41, 5.74) is 35.9. The standard InChI is InChI=1S/2C17H21N9O.C15H15N7OS/c2*1-10-5-12(7-13(6-10)26-22-3-4-23-26)24-16-14(15(19)27)9-21-17(25-16)20-8-11(2)18;1-9-5-10(7-11(6-9)22-18-3-4-19-22)20-14-12(13(16)23)8-17-15(21-14)24-2/h2*3-7,9,11H,8,18H2,1-2H3,(H2,19,27)(H2,20,21,24,25);3-8H,1-2H3,(H2,16,23)(H,17,20,21)/t2*11-;/m00./s1. The van der Waals surface area contributed by atoms with Crippen molar-refractivity contribution in [2.45, 2.75) is 51.9 Å². The predicted octanol–water partition coefficient (Wildman–Crippen LogP) is 3.86. The zero-order valence-corrected chi connectivity index (χ0v) is 44.0. The van der Waals surface area contributed by atoms with Crippen molar-refractivity contribution in [3.63, 3.8) is 0 Å². The monoisotopic (exact) mass is 1080 g/mol. The number of hydrogen-bond donors (Lipinski definition) is 10. The summed E-state index contributed by atoms with van der Waals surface area (Å²) in [5.74, 6) is -0.179. The molecule has 0 unspecified atom stereocenters. The fraction of sp³-hybridized carbons (Fsp3) is 0.204. The van der Waals surface area contributed by atoms with Crippen LogP contribution in [0.4, 0.5) is 46.4 Å². The third-order valence-corrected chi connectivity index (χ3v) is 11.0. The molecular formula is C49H57N25O3S. The van der Waals surface area contributed by atoms with E-state index in [-0.39, 0.29) is 28.8 Å². The molecule has 0 saturated heterocycles. The molecule has 0 bridgehead atoms. The molecule has 0 spiro atoms. The van der Waals surface area contributed by atoms with Crippen LogP contribution in [0, 0.1) is 20.8 Å². The van der Waals surface area contributed by atoms with Crippen molar-refractivity contribution in [3.05, 3.63) is 144 Å². The first-order valence-electron chi connectivity index (χ1n) is 23.7. The van der Waals surface area contributed by atoms with E-state index in [2.05, 4.69) is 87.1 Å². The topological polar surface area (TPSA) is 411 Å². The summed E-state index contributed by atoms with van der Waals surface area (Å²) >= 11 is 1.38. The Balaban J connectivity index is 0.000000170. The van der Waals surface area contributed by atoms with Gasteiger partial charge in [0, 0.05) is 60.8 Å². The van der Waals surface area contributed by atoms with Gasteiger partial charge in [-0.3, -0.25) is 14.4 Å². The van der Waals surface area contributed by atoms with Crippen LogP contribution in [-0.4, -0.2) is 124 Å². The minimum atomic E-state index is -0.627. The molecule has 29 heteroatoms. The Labute approximate surface area is 450 Å². The Kier molecular flexibility index (Phi) is 18.6. The van der Waals surface area contributed by atoms with Gasteiger partial charge in [-0.1, -0.05) is 11.8 Å². The molecular weight excluding hydrogens is 1020 g/mol. The highest BCUT2D eigenvalue weighted by molar-refractivity contribution is 7.98. The van der Waals surface area contributed by atoms with Gasteiger partial charge in [0.05, 0.1) is 54.2 Å². The Morgan fingerprint density at radius 2 is 0.795 bits per heavy atom. The first kappa shape index (κ1) is 55.7. The summed E-state index contributed by atoms with van der Waals surface area (Å²) in [6.45, 7) is 10.6. The van der Waals surface area contributed by atoms with E-state index < -0.39 is 17.7 Å². The SMILES string of the molecule is CSc1ncc(C(N)=O)c(Nc2cc(C)cc(-n3nccn3)c2)n1.Cc1cc(Nc2nc(NC[C@H](C)N)ncc2C(N)=O)cc(-n2nccn2)c1.Cc1cc(Nc2nc(NC[C@H](C)N)ncc2C(N)=O)cc(-n2nccn2)c1. The molecule has 3 amide bonds. The average Bonchev–Trinajstić information content (AvgIpc) is 4.25. The van der Waals surface area contributed by atoms with Gasteiger partial charge in [0.1, 0.15) is 34.1 Å². The summed E-state index contributed by atoms with van der Waals surface area (Å²) in [4.78, 5) is 65.0. The summed E-state index contributed by atoms with van der Waals surface area (Å²) < 4.78 is 0. The predicted molar refractivity (Wildman–Crippen MR) is 296 cm³/mol. The first-order valence-corrected chi connectivity index (χ1v) is 24.9. The van der Waals surface area contributed by atoms with Crippen LogP contribution in [0.5, 0.6) is 0 Å². The van der Waals surface area contributed by atoms with Gasteiger partial charge in [-0.05, 0) is 112 Å². The molecule has 0 aliphatic rings. The van der Waals surface area contributed by atoms with Crippen molar-refractivity contribution < 1.29 is 14.4 Å². The van der Waals surface area contributed by atoms with Crippen LogP contribution in [-0.2, 0) is 0 Å². The maximum absolute atomic E-state index is 11.7. The lowest BCUT2D eigenvalue weighted by atomic mass is 10.2. The number of nitrogens with zero attached hydrogens (tertiary/aromatic N) is 15. The molecule has 0 saturated carbocycles. The average molecular weight is 1080 g/mol. The quantitative estimate of drug-likeness (QED) is 0.0406. The second kappa shape index (κ2) is 26.0. The third-order valence-electron chi connectivity index (χ3n) is 10.4. The Morgan fingerprint density at radius 3 is 1.09 bits per heavy atom. The smallest absolute Gasteiger partial charge is 0.254 e. The van der Waals surface area contributed by atoms with Gasteiger partial charge in [-0.15, -0.1) is 0 Å². The molecule has 0 aliphatic heterocycles. The number of anilines is 8. The number of carbonyl (C=O) groups excluding carboxylic acids is 3. The van der Waals surface area contributed by atoms with Crippen LogP contribution >= 0.6 is 11.8 Å². The molecule has 2 atom stereocenters. The fourth-order valence-electron chi connectivity index (χ4n) is 7.04. The summed E-state index contributed by atoms with van der Waals surface area (Å²) in [6.07, 6.45) is 15.7. The number of aromatic nitrogens is 15. The number of hydrogen-bond acceptors (Lipinski definition) is 23. The summed E-state index contributed by atoms with van der Waals surface area (Å²) in [7, 11) is 0.